The second-order valence-corrected chi connectivity index (χ2v) is 6.22. The van der Waals surface area contributed by atoms with Crippen molar-refractivity contribution in [3.05, 3.63) is 48.7 Å². The molecule has 116 valence electrons. The predicted molar refractivity (Wildman–Crippen MR) is 83.1 cm³/mol. The Balaban J connectivity index is 1.59. The number of hydrogen-bond donors (Lipinski definition) is 1. The summed E-state index contributed by atoms with van der Waals surface area (Å²) < 4.78 is 0. The van der Waals surface area contributed by atoms with Gasteiger partial charge in [-0.1, -0.05) is 30.4 Å². The molecule has 1 aromatic carbocycles. The maximum atomic E-state index is 12.6. The van der Waals surface area contributed by atoms with Gasteiger partial charge < -0.3 is 15.2 Å². The molecule has 0 unspecified atom stereocenters. The first-order chi connectivity index (χ1) is 11.1. The van der Waals surface area contributed by atoms with Gasteiger partial charge in [0.15, 0.2) is 0 Å². The van der Waals surface area contributed by atoms with E-state index in [1.54, 1.807) is 6.20 Å². The molecule has 2 bridgehead atoms. The number of carboxylic acids is 1. The van der Waals surface area contributed by atoms with Gasteiger partial charge in [-0.3, -0.25) is 9.78 Å². The molecule has 1 saturated carbocycles. The lowest BCUT2D eigenvalue weighted by Gasteiger charge is -2.27. The third-order valence-electron chi connectivity index (χ3n) is 4.89. The predicted octanol–water partition coefficient (Wildman–Crippen LogP) is 1.36. The van der Waals surface area contributed by atoms with Crippen molar-refractivity contribution < 1.29 is 14.7 Å². The van der Waals surface area contributed by atoms with Crippen LogP contribution in [0, 0.1) is 23.7 Å². The Morgan fingerprint density at radius 3 is 2.65 bits per heavy atom. The van der Waals surface area contributed by atoms with Crippen molar-refractivity contribution in [2.75, 3.05) is 5.32 Å². The highest BCUT2D eigenvalue weighted by Gasteiger charge is 2.48. The van der Waals surface area contributed by atoms with Gasteiger partial charge in [0.2, 0.25) is 5.91 Å². The van der Waals surface area contributed by atoms with Crippen LogP contribution in [0.15, 0.2) is 48.7 Å². The molecule has 1 fully saturated rings. The maximum Gasteiger partial charge on any atom is 0.228 e. The van der Waals surface area contributed by atoms with Crippen LogP contribution in [0.5, 0.6) is 0 Å². The normalized spacial score (nSPS) is 28.2. The third kappa shape index (κ3) is 2.29. The molecule has 0 spiro atoms. The number of nitrogens with zero attached hydrogens (tertiary/aromatic N) is 1. The molecule has 5 heteroatoms. The van der Waals surface area contributed by atoms with Gasteiger partial charge in [-0.2, -0.15) is 0 Å². The molecule has 23 heavy (non-hydrogen) atoms. The zero-order chi connectivity index (χ0) is 16.0. The molecular formula is C18H15N2O3-. The summed E-state index contributed by atoms with van der Waals surface area (Å²) in [5, 5.41) is 15.1. The first-order valence-corrected chi connectivity index (χ1v) is 7.68. The fourth-order valence-corrected chi connectivity index (χ4v) is 3.87. The topological polar surface area (TPSA) is 82.1 Å². The molecule has 2 aliphatic carbocycles. The van der Waals surface area contributed by atoms with Gasteiger partial charge in [-0.05, 0) is 30.4 Å². The Morgan fingerprint density at radius 1 is 1.13 bits per heavy atom. The molecule has 4 atom stereocenters. The van der Waals surface area contributed by atoms with E-state index in [9.17, 15) is 14.7 Å². The second-order valence-electron chi connectivity index (χ2n) is 6.22. The van der Waals surface area contributed by atoms with E-state index in [0.717, 1.165) is 10.9 Å². The first kappa shape index (κ1) is 13.9. The van der Waals surface area contributed by atoms with Crippen molar-refractivity contribution in [1.82, 2.24) is 4.98 Å². The molecule has 2 aliphatic rings. The SMILES string of the molecule is O=C(Nc1cnc2ccccc2c1)[C@@H]1[C@@H](C(=O)[O-])[C@H]2C=C[C@@H]1C2. The molecule has 1 N–H and O–H groups in total. The van der Waals surface area contributed by atoms with Crippen LogP contribution in [0.4, 0.5) is 5.69 Å². The molecule has 0 aliphatic heterocycles. The van der Waals surface area contributed by atoms with Crippen LogP contribution in [0.3, 0.4) is 0 Å². The minimum Gasteiger partial charge on any atom is -0.550 e. The van der Waals surface area contributed by atoms with Gasteiger partial charge in [0.1, 0.15) is 0 Å². The molecule has 0 saturated heterocycles. The van der Waals surface area contributed by atoms with Crippen LogP contribution < -0.4 is 10.4 Å². The maximum absolute atomic E-state index is 12.6. The molecule has 0 radical (unpaired) electrons. The number of benzene rings is 1. The molecule has 2 aromatic rings. The Bertz CT molecular complexity index is 830. The van der Waals surface area contributed by atoms with Gasteiger partial charge in [0.25, 0.3) is 0 Å². The molecule has 4 rings (SSSR count). The summed E-state index contributed by atoms with van der Waals surface area (Å²) in [4.78, 5) is 28.3. The number of carbonyl (C=O) groups is 2. The van der Waals surface area contributed by atoms with Gasteiger partial charge >= 0.3 is 0 Å². The summed E-state index contributed by atoms with van der Waals surface area (Å²) >= 11 is 0. The zero-order valence-corrected chi connectivity index (χ0v) is 12.3. The van der Waals surface area contributed by atoms with Crippen molar-refractivity contribution in [2.45, 2.75) is 6.42 Å². The van der Waals surface area contributed by atoms with E-state index < -0.39 is 17.8 Å². The highest BCUT2D eigenvalue weighted by Crippen LogP contribution is 2.48. The zero-order valence-electron chi connectivity index (χ0n) is 12.3. The van der Waals surface area contributed by atoms with Gasteiger partial charge in [0.05, 0.1) is 23.3 Å². The summed E-state index contributed by atoms with van der Waals surface area (Å²) in [5.41, 5.74) is 1.43. The van der Waals surface area contributed by atoms with E-state index in [-0.39, 0.29) is 17.7 Å². The molecule has 1 aromatic heterocycles. The fraction of sp³-hybridized carbons (Fsp3) is 0.278. The van der Waals surface area contributed by atoms with Crippen LogP contribution in [0.2, 0.25) is 0 Å². The quantitative estimate of drug-likeness (QED) is 0.868. The van der Waals surface area contributed by atoms with Crippen LogP contribution in [0.1, 0.15) is 6.42 Å². The number of carboxylic acid groups (broad SMARTS) is 1. The van der Waals surface area contributed by atoms with Crippen molar-refractivity contribution in [3.63, 3.8) is 0 Å². The number of anilines is 1. The Hall–Kier alpha value is -2.69. The molecule has 1 heterocycles. The number of nitrogens with one attached hydrogen (secondary N) is 1. The fourth-order valence-electron chi connectivity index (χ4n) is 3.87. The summed E-state index contributed by atoms with van der Waals surface area (Å²) in [6.45, 7) is 0. The van der Waals surface area contributed by atoms with Crippen LogP contribution >= 0.6 is 0 Å². The van der Waals surface area contributed by atoms with Crippen molar-refractivity contribution in [1.29, 1.82) is 0 Å². The number of carbonyl (C=O) groups excluding carboxylic acids is 2. The van der Waals surface area contributed by atoms with Crippen LogP contribution in [-0.2, 0) is 9.59 Å². The summed E-state index contributed by atoms with van der Waals surface area (Å²) in [6.07, 6.45) is 6.16. The lowest BCUT2D eigenvalue weighted by molar-refractivity contribution is -0.313. The summed E-state index contributed by atoms with van der Waals surface area (Å²) in [5.74, 6) is -2.82. The van der Waals surface area contributed by atoms with Crippen LogP contribution in [-0.4, -0.2) is 16.9 Å². The number of fused-ring (bicyclic) bond motifs is 3. The number of rotatable bonds is 3. The first-order valence-electron chi connectivity index (χ1n) is 7.68. The summed E-state index contributed by atoms with van der Waals surface area (Å²) in [7, 11) is 0. The monoisotopic (exact) mass is 307 g/mol. The highest BCUT2D eigenvalue weighted by molar-refractivity contribution is 5.97. The Labute approximate surface area is 133 Å². The summed E-state index contributed by atoms with van der Waals surface area (Å²) in [6, 6.07) is 9.47. The van der Waals surface area contributed by atoms with E-state index in [1.807, 2.05) is 42.5 Å². The average Bonchev–Trinajstić information content (AvgIpc) is 3.15. The minimum absolute atomic E-state index is 0.0173. The number of aliphatic carboxylic acids is 1. The number of aromatic nitrogens is 1. The minimum atomic E-state index is -1.14. The van der Waals surface area contributed by atoms with Crippen molar-refractivity contribution in [3.8, 4) is 0 Å². The van der Waals surface area contributed by atoms with E-state index in [4.69, 9.17) is 0 Å². The Kier molecular flexibility index (Phi) is 3.15. The number of para-hydroxylation sites is 1. The van der Waals surface area contributed by atoms with Crippen molar-refractivity contribution in [2.24, 2.45) is 23.7 Å². The number of allylic oxidation sites excluding steroid dienone is 2. The average molecular weight is 307 g/mol. The van der Waals surface area contributed by atoms with Gasteiger partial charge in [0, 0.05) is 17.3 Å². The smallest absolute Gasteiger partial charge is 0.228 e. The van der Waals surface area contributed by atoms with Crippen LogP contribution in [0.25, 0.3) is 10.9 Å². The molecule has 1 amide bonds. The van der Waals surface area contributed by atoms with E-state index in [0.29, 0.717) is 12.1 Å². The molecule has 5 nitrogen and oxygen atoms in total. The number of pyridine rings is 1. The standard InChI is InChI=1S/C18H16N2O3/c21-17(15-11-5-6-12(7-11)16(15)18(22)23)20-13-8-10-3-1-2-4-14(10)19-9-13/h1-6,8-9,11-12,15-16H,7H2,(H,20,21)(H,22,23)/p-1/t11-,12+,15+,16+/m1/s1. The van der Waals surface area contributed by atoms with E-state index >= 15 is 0 Å². The van der Waals surface area contributed by atoms with E-state index in [1.165, 1.54) is 0 Å². The highest BCUT2D eigenvalue weighted by atomic mass is 16.4. The van der Waals surface area contributed by atoms with Gasteiger partial charge in [-0.15, -0.1) is 0 Å². The lowest BCUT2D eigenvalue weighted by Crippen LogP contribution is -2.42. The largest absolute Gasteiger partial charge is 0.550 e. The number of hydrogen-bond acceptors (Lipinski definition) is 4. The van der Waals surface area contributed by atoms with E-state index in [2.05, 4.69) is 10.3 Å². The Morgan fingerprint density at radius 2 is 1.87 bits per heavy atom. The number of amides is 1. The second kappa shape index (κ2) is 5.19. The van der Waals surface area contributed by atoms with Gasteiger partial charge in [-0.25, -0.2) is 0 Å². The van der Waals surface area contributed by atoms with Crippen molar-refractivity contribution >= 4 is 28.5 Å². The lowest BCUT2D eigenvalue weighted by atomic mass is 9.82. The molecular weight excluding hydrogens is 292 g/mol. The third-order valence-corrected chi connectivity index (χ3v) is 4.89.